The number of carbonyl (C=O) groups excluding carboxylic acids is 3. The van der Waals surface area contributed by atoms with E-state index in [1.54, 1.807) is 13.8 Å². The Balaban J connectivity index is 2.42. The number of hydrogen-bond donors (Lipinski definition) is 2. The summed E-state index contributed by atoms with van der Waals surface area (Å²) in [4.78, 5) is 34.9. The minimum atomic E-state index is -0.947. The second kappa shape index (κ2) is 10.4. The molecular formula is C17H24N2O5. The van der Waals surface area contributed by atoms with Gasteiger partial charge >= 0.3 is 5.97 Å². The molecule has 0 unspecified atom stereocenters. The van der Waals surface area contributed by atoms with Crippen LogP contribution in [-0.4, -0.2) is 37.0 Å². The summed E-state index contributed by atoms with van der Waals surface area (Å²) in [5.41, 5.74) is 6.22. The maximum atomic E-state index is 11.9. The molecule has 1 aromatic carbocycles. The molecule has 2 atom stereocenters. The van der Waals surface area contributed by atoms with Crippen LogP contribution >= 0.6 is 0 Å². The van der Waals surface area contributed by atoms with Gasteiger partial charge in [0.2, 0.25) is 11.8 Å². The number of esters is 1. The molecule has 7 heteroatoms. The predicted molar refractivity (Wildman–Crippen MR) is 87.6 cm³/mol. The van der Waals surface area contributed by atoms with Gasteiger partial charge in [0.25, 0.3) is 0 Å². The first-order valence-corrected chi connectivity index (χ1v) is 7.81. The van der Waals surface area contributed by atoms with Crippen LogP contribution < -0.4 is 11.1 Å². The molecule has 24 heavy (non-hydrogen) atoms. The summed E-state index contributed by atoms with van der Waals surface area (Å²) in [6.45, 7) is 3.65. The van der Waals surface area contributed by atoms with Crippen LogP contribution in [0.4, 0.5) is 0 Å². The van der Waals surface area contributed by atoms with Crippen LogP contribution in [0.2, 0.25) is 0 Å². The Labute approximate surface area is 141 Å². The first kappa shape index (κ1) is 19.6. The molecular weight excluding hydrogens is 312 g/mol. The van der Waals surface area contributed by atoms with E-state index in [4.69, 9.17) is 15.2 Å². The van der Waals surface area contributed by atoms with Crippen LogP contribution in [-0.2, 0) is 30.5 Å². The molecule has 2 amide bonds. The normalized spacial score (nSPS) is 12.9. The lowest BCUT2D eigenvalue weighted by Gasteiger charge is -2.18. The zero-order valence-electron chi connectivity index (χ0n) is 14.0. The number of carbonyl (C=O) groups is 3. The van der Waals surface area contributed by atoms with Gasteiger partial charge in [-0.05, 0) is 18.9 Å². The second-order valence-electron chi connectivity index (χ2n) is 5.39. The highest BCUT2D eigenvalue weighted by Gasteiger charge is 2.25. The molecule has 0 fully saturated rings. The second-order valence-corrected chi connectivity index (χ2v) is 5.39. The van der Waals surface area contributed by atoms with E-state index in [-0.39, 0.29) is 26.2 Å². The minimum Gasteiger partial charge on any atom is -0.466 e. The van der Waals surface area contributed by atoms with Crippen molar-refractivity contribution in [2.45, 2.75) is 32.9 Å². The predicted octanol–water partition coefficient (Wildman–Crippen LogP) is 0.763. The average molecular weight is 336 g/mol. The van der Waals surface area contributed by atoms with Gasteiger partial charge in [-0.3, -0.25) is 14.4 Å². The maximum Gasteiger partial charge on any atom is 0.308 e. The van der Waals surface area contributed by atoms with Gasteiger partial charge in [-0.15, -0.1) is 0 Å². The molecule has 0 aromatic heterocycles. The summed E-state index contributed by atoms with van der Waals surface area (Å²) >= 11 is 0. The fourth-order valence-corrected chi connectivity index (χ4v) is 2.05. The van der Waals surface area contributed by atoms with Gasteiger partial charge in [-0.1, -0.05) is 37.3 Å². The van der Waals surface area contributed by atoms with E-state index >= 15 is 0 Å². The average Bonchev–Trinajstić information content (AvgIpc) is 2.55. The smallest absolute Gasteiger partial charge is 0.308 e. The number of ether oxygens (including phenoxy) is 2. The largest absolute Gasteiger partial charge is 0.466 e. The SMILES string of the molecule is CCOC(=O)[C@@H](C)C[C@@H](NC(=O)COCc1ccccc1)C(N)=O. The van der Waals surface area contributed by atoms with Crippen LogP contribution in [0.25, 0.3) is 0 Å². The maximum absolute atomic E-state index is 11.9. The highest BCUT2D eigenvalue weighted by atomic mass is 16.5. The zero-order chi connectivity index (χ0) is 17.9. The number of nitrogens with two attached hydrogens (primary N) is 1. The molecule has 1 aromatic rings. The minimum absolute atomic E-state index is 0.0819. The van der Waals surface area contributed by atoms with Gasteiger partial charge in [0.05, 0.1) is 19.1 Å². The quantitative estimate of drug-likeness (QED) is 0.613. The Morgan fingerprint density at radius 1 is 1.21 bits per heavy atom. The summed E-state index contributed by atoms with van der Waals surface area (Å²) < 4.78 is 10.2. The lowest BCUT2D eigenvalue weighted by Crippen LogP contribution is -2.47. The Hall–Kier alpha value is -2.41. The van der Waals surface area contributed by atoms with Crippen molar-refractivity contribution in [3.05, 3.63) is 35.9 Å². The molecule has 0 saturated heterocycles. The first-order chi connectivity index (χ1) is 11.4. The number of amides is 2. The molecule has 7 nitrogen and oxygen atoms in total. The van der Waals surface area contributed by atoms with Crippen LogP contribution in [0.3, 0.4) is 0 Å². The van der Waals surface area contributed by atoms with E-state index < -0.39 is 29.7 Å². The molecule has 1 rings (SSSR count). The fraction of sp³-hybridized carbons (Fsp3) is 0.471. The molecule has 0 heterocycles. The molecule has 3 N–H and O–H groups in total. The van der Waals surface area contributed by atoms with Gasteiger partial charge in [0.15, 0.2) is 0 Å². The highest BCUT2D eigenvalue weighted by molar-refractivity contribution is 5.87. The third-order valence-corrected chi connectivity index (χ3v) is 3.30. The number of primary amides is 1. The van der Waals surface area contributed by atoms with Crippen molar-refractivity contribution in [1.29, 1.82) is 0 Å². The van der Waals surface area contributed by atoms with E-state index in [0.29, 0.717) is 0 Å². The molecule has 0 radical (unpaired) electrons. The van der Waals surface area contributed by atoms with E-state index in [2.05, 4.69) is 5.32 Å². The van der Waals surface area contributed by atoms with Gasteiger partial charge in [0, 0.05) is 0 Å². The van der Waals surface area contributed by atoms with Crippen molar-refractivity contribution in [3.63, 3.8) is 0 Å². The lowest BCUT2D eigenvalue weighted by atomic mass is 10.0. The summed E-state index contributed by atoms with van der Waals surface area (Å²) in [5, 5.41) is 2.48. The summed E-state index contributed by atoms with van der Waals surface area (Å²) in [7, 11) is 0. The third-order valence-electron chi connectivity index (χ3n) is 3.30. The van der Waals surface area contributed by atoms with E-state index in [0.717, 1.165) is 5.56 Å². The van der Waals surface area contributed by atoms with Gasteiger partial charge < -0.3 is 20.5 Å². The van der Waals surface area contributed by atoms with Crippen molar-refractivity contribution < 1.29 is 23.9 Å². The van der Waals surface area contributed by atoms with Crippen LogP contribution in [0.5, 0.6) is 0 Å². The van der Waals surface area contributed by atoms with E-state index in [1.807, 2.05) is 30.3 Å². The fourth-order valence-electron chi connectivity index (χ4n) is 2.05. The van der Waals surface area contributed by atoms with Crippen molar-refractivity contribution in [3.8, 4) is 0 Å². The lowest BCUT2D eigenvalue weighted by molar-refractivity contribution is -0.148. The molecule has 0 aliphatic rings. The Morgan fingerprint density at radius 2 is 1.88 bits per heavy atom. The zero-order valence-corrected chi connectivity index (χ0v) is 14.0. The van der Waals surface area contributed by atoms with Crippen LogP contribution in [0.15, 0.2) is 30.3 Å². The number of rotatable bonds is 10. The molecule has 0 aliphatic carbocycles. The van der Waals surface area contributed by atoms with Gasteiger partial charge in [-0.2, -0.15) is 0 Å². The van der Waals surface area contributed by atoms with Crippen molar-refractivity contribution in [2.75, 3.05) is 13.2 Å². The van der Waals surface area contributed by atoms with Crippen LogP contribution in [0.1, 0.15) is 25.8 Å². The molecule has 0 spiro atoms. The van der Waals surface area contributed by atoms with Gasteiger partial charge in [0.1, 0.15) is 12.6 Å². The monoisotopic (exact) mass is 336 g/mol. The van der Waals surface area contributed by atoms with Crippen molar-refractivity contribution in [1.82, 2.24) is 5.32 Å². The van der Waals surface area contributed by atoms with Crippen LogP contribution in [0, 0.1) is 5.92 Å². The third kappa shape index (κ3) is 7.23. The molecule has 0 bridgehead atoms. The Bertz CT molecular complexity index is 547. The topological polar surface area (TPSA) is 108 Å². The number of benzene rings is 1. The Kier molecular flexibility index (Phi) is 8.49. The summed E-state index contributed by atoms with van der Waals surface area (Å²) in [6.07, 6.45) is 0.0819. The molecule has 132 valence electrons. The van der Waals surface area contributed by atoms with E-state index in [9.17, 15) is 14.4 Å². The number of nitrogens with one attached hydrogen (secondary N) is 1. The molecule has 0 aliphatic heterocycles. The first-order valence-electron chi connectivity index (χ1n) is 7.81. The molecule has 0 saturated carbocycles. The van der Waals surface area contributed by atoms with Gasteiger partial charge in [-0.25, -0.2) is 0 Å². The van der Waals surface area contributed by atoms with Crippen molar-refractivity contribution >= 4 is 17.8 Å². The van der Waals surface area contributed by atoms with Crippen molar-refractivity contribution in [2.24, 2.45) is 11.7 Å². The highest BCUT2D eigenvalue weighted by Crippen LogP contribution is 2.08. The standard InChI is InChI=1S/C17H24N2O5/c1-3-24-17(22)12(2)9-14(16(18)21)19-15(20)11-23-10-13-7-5-4-6-8-13/h4-8,12,14H,3,9-11H2,1-2H3,(H2,18,21)(H,19,20)/t12-,14+/m0/s1. The van der Waals surface area contributed by atoms with E-state index in [1.165, 1.54) is 0 Å². The Morgan fingerprint density at radius 3 is 2.46 bits per heavy atom. The summed E-state index contributed by atoms with van der Waals surface area (Å²) in [6, 6.07) is 8.45. The number of hydrogen-bond acceptors (Lipinski definition) is 5. The summed E-state index contributed by atoms with van der Waals surface area (Å²) in [5.74, 6) is -2.15.